The van der Waals surface area contributed by atoms with Gasteiger partial charge in [0, 0.05) is 18.2 Å². The molecule has 0 fully saturated rings. The lowest BCUT2D eigenvalue weighted by Crippen LogP contribution is -2.13. The number of amides is 1. The molecule has 11 heteroatoms. The van der Waals surface area contributed by atoms with Crippen molar-refractivity contribution < 1.29 is 22.9 Å². The van der Waals surface area contributed by atoms with Crippen LogP contribution in [0.3, 0.4) is 0 Å². The van der Waals surface area contributed by atoms with Gasteiger partial charge >= 0.3 is 6.18 Å². The summed E-state index contributed by atoms with van der Waals surface area (Å²) < 4.78 is 40.3. The predicted octanol–water partition coefficient (Wildman–Crippen LogP) is 3.85. The van der Waals surface area contributed by atoms with Gasteiger partial charge in [-0.2, -0.15) is 18.3 Å². The van der Waals surface area contributed by atoms with Gasteiger partial charge in [0.1, 0.15) is 12.7 Å². The number of carbonyl (C=O) groups excluding carboxylic acids is 1. The third-order valence-corrected chi connectivity index (χ3v) is 3.76. The van der Waals surface area contributed by atoms with Gasteiger partial charge in [0.05, 0.1) is 21.9 Å². The van der Waals surface area contributed by atoms with E-state index in [-0.39, 0.29) is 17.1 Å². The third kappa shape index (κ3) is 4.83. The minimum absolute atomic E-state index is 0.126. The van der Waals surface area contributed by atoms with Crippen molar-refractivity contribution in [3.63, 3.8) is 0 Å². The third-order valence-electron chi connectivity index (χ3n) is 3.76. The smallest absolute Gasteiger partial charge is 0.321 e. The predicted molar refractivity (Wildman–Crippen MR) is 97.1 cm³/mol. The molecule has 1 N–H and O–H groups in total. The van der Waals surface area contributed by atoms with Crippen molar-refractivity contribution in [1.82, 2.24) is 14.8 Å². The highest BCUT2D eigenvalue weighted by Crippen LogP contribution is 2.33. The van der Waals surface area contributed by atoms with E-state index in [1.807, 2.05) is 0 Å². The summed E-state index contributed by atoms with van der Waals surface area (Å²) in [4.78, 5) is 26.2. The second-order valence-corrected chi connectivity index (χ2v) is 5.74. The molecule has 8 nitrogen and oxygen atoms in total. The summed E-state index contributed by atoms with van der Waals surface area (Å²) in [7, 11) is 0. The van der Waals surface area contributed by atoms with Crippen molar-refractivity contribution in [2.75, 3.05) is 5.32 Å². The van der Waals surface area contributed by atoms with Crippen molar-refractivity contribution >= 4 is 23.4 Å². The van der Waals surface area contributed by atoms with E-state index < -0.39 is 22.6 Å². The molecule has 0 unspecified atom stereocenters. The van der Waals surface area contributed by atoms with Crippen LogP contribution >= 0.6 is 0 Å². The zero-order chi connectivity index (χ0) is 21.0. The minimum atomic E-state index is -4.60. The van der Waals surface area contributed by atoms with Crippen LogP contribution in [0.25, 0.3) is 11.8 Å². The van der Waals surface area contributed by atoms with E-state index in [4.69, 9.17) is 0 Å². The SMILES string of the molecule is O=C(C=Cc1cccc([N+](=O)[O-])c1)Nc1cc(C(F)(F)F)ccc1-n1cncn1. The number of nitro groups is 1. The number of nitrogens with zero attached hydrogens (tertiary/aromatic N) is 4. The van der Waals surface area contributed by atoms with Crippen molar-refractivity contribution in [1.29, 1.82) is 0 Å². The first-order valence-corrected chi connectivity index (χ1v) is 8.04. The maximum atomic E-state index is 13.0. The van der Waals surface area contributed by atoms with Crippen LogP contribution in [0.2, 0.25) is 0 Å². The highest BCUT2D eigenvalue weighted by Gasteiger charge is 2.31. The highest BCUT2D eigenvalue weighted by molar-refractivity contribution is 6.03. The second kappa shape index (κ2) is 7.92. The Bertz CT molecular complexity index is 1080. The summed E-state index contributed by atoms with van der Waals surface area (Å²) in [5, 5.41) is 17.0. The van der Waals surface area contributed by atoms with Gasteiger partial charge < -0.3 is 5.32 Å². The van der Waals surface area contributed by atoms with E-state index in [9.17, 15) is 28.1 Å². The average molecular weight is 403 g/mol. The topological polar surface area (TPSA) is 103 Å². The molecule has 3 rings (SSSR count). The van der Waals surface area contributed by atoms with E-state index in [0.29, 0.717) is 5.56 Å². The van der Waals surface area contributed by atoms with Gasteiger partial charge in [-0.15, -0.1) is 0 Å². The van der Waals surface area contributed by atoms with Gasteiger partial charge in [0.2, 0.25) is 5.91 Å². The first-order valence-electron chi connectivity index (χ1n) is 8.04. The van der Waals surface area contributed by atoms with Crippen LogP contribution in [0.1, 0.15) is 11.1 Å². The van der Waals surface area contributed by atoms with Crippen LogP contribution < -0.4 is 5.32 Å². The number of halogens is 3. The number of aromatic nitrogens is 3. The maximum absolute atomic E-state index is 13.0. The molecular weight excluding hydrogens is 391 g/mol. The van der Waals surface area contributed by atoms with Crippen LogP contribution in [0, 0.1) is 10.1 Å². The van der Waals surface area contributed by atoms with Gasteiger partial charge in [0.25, 0.3) is 5.69 Å². The van der Waals surface area contributed by atoms with Crippen LogP contribution in [-0.2, 0) is 11.0 Å². The summed E-state index contributed by atoms with van der Waals surface area (Å²) in [5.74, 6) is -0.725. The summed E-state index contributed by atoms with van der Waals surface area (Å²) >= 11 is 0. The molecule has 0 saturated heterocycles. The van der Waals surface area contributed by atoms with Crippen molar-refractivity contribution in [2.24, 2.45) is 0 Å². The van der Waals surface area contributed by atoms with Crippen molar-refractivity contribution in [2.45, 2.75) is 6.18 Å². The fourth-order valence-electron chi connectivity index (χ4n) is 2.43. The van der Waals surface area contributed by atoms with Crippen LogP contribution in [0.4, 0.5) is 24.5 Å². The highest BCUT2D eigenvalue weighted by atomic mass is 19.4. The number of rotatable bonds is 5. The number of benzene rings is 2. The van der Waals surface area contributed by atoms with Gasteiger partial charge in [-0.25, -0.2) is 9.67 Å². The fourth-order valence-corrected chi connectivity index (χ4v) is 2.43. The van der Waals surface area contributed by atoms with E-state index in [0.717, 1.165) is 24.3 Å². The van der Waals surface area contributed by atoms with Crippen LogP contribution in [0.5, 0.6) is 0 Å². The van der Waals surface area contributed by atoms with Crippen molar-refractivity contribution in [3.8, 4) is 5.69 Å². The Kier molecular flexibility index (Phi) is 5.39. The molecule has 0 aliphatic rings. The molecule has 0 atom stereocenters. The molecular formula is C18H12F3N5O3. The van der Waals surface area contributed by atoms with Gasteiger partial charge in [-0.05, 0) is 29.8 Å². The maximum Gasteiger partial charge on any atom is 0.416 e. The van der Waals surface area contributed by atoms with Gasteiger partial charge in [-0.3, -0.25) is 14.9 Å². The second-order valence-electron chi connectivity index (χ2n) is 5.74. The normalized spacial score (nSPS) is 11.6. The Labute approximate surface area is 161 Å². The molecule has 1 heterocycles. The number of nitro benzene ring substituents is 1. The monoisotopic (exact) mass is 403 g/mol. The molecule has 0 aliphatic heterocycles. The number of alkyl halides is 3. The molecule has 1 aromatic heterocycles. The molecule has 148 valence electrons. The first kappa shape index (κ1) is 19.7. The Morgan fingerprint density at radius 3 is 2.66 bits per heavy atom. The lowest BCUT2D eigenvalue weighted by atomic mass is 10.1. The van der Waals surface area contributed by atoms with Gasteiger partial charge in [-0.1, -0.05) is 12.1 Å². The fraction of sp³-hybridized carbons (Fsp3) is 0.0556. The Hall–Kier alpha value is -4.02. The number of non-ortho nitro benzene ring substituents is 1. The van der Waals surface area contributed by atoms with Crippen molar-refractivity contribution in [3.05, 3.63) is 82.4 Å². The Morgan fingerprint density at radius 1 is 1.21 bits per heavy atom. The molecule has 0 saturated carbocycles. The number of nitrogens with one attached hydrogen (secondary N) is 1. The zero-order valence-corrected chi connectivity index (χ0v) is 14.5. The molecule has 29 heavy (non-hydrogen) atoms. The standard InChI is InChI=1S/C18H12F3N5O3/c19-18(20,21)13-5-6-16(25-11-22-10-23-25)15(9-13)24-17(27)7-4-12-2-1-3-14(8-12)26(28)29/h1-11H,(H,24,27). The minimum Gasteiger partial charge on any atom is -0.321 e. The number of hydrogen-bond donors (Lipinski definition) is 1. The number of hydrogen-bond acceptors (Lipinski definition) is 5. The molecule has 0 radical (unpaired) electrons. The summed E-state index contributed by atoms with van der Waals surface area (Å²) in [6.07, 6.45) is 0.247. The molecule has 0 bridgehead atoms. The quantitative estimate of drug-likeness (QED) is 0.396. The zero-order valence-electron chi connectivity index (χ0n) is 14.5. The molecule has 3 aromatic rings. The molecule has 0 spiro atoms. The average Bonchev–Trinajstić information content (AvgIpc) is 3.20. The summed E-state index contributed by atoms with van der Waals surface area (Å²) in [5.41, 5.74) is -0.653. The number of anilines is 1. The molecule has 2 aromatic carbocycles. The number of carbonyl (C=O) groups is 1. The summed E-state index contributed by atoms with van der Waals surface area (Å²) in [6, 6.07) is 8.37. The Morgan fingerprint density at radius 2 is 2.00 bits per heavy atom. The first-order chi connectivity index (χ1) is 13.7. The van der Waals surface area contributed by atoms with E-state index in [2.05, 4.69) is 15.4 Å². The van der Waals surface area contributed by atoms with E-state index >= 15 is 0 Å². The lowest BCUT2D eigenvalue weighted by Gasteiger charge is -2.13. The Balaban J connectivity index is 1.87. The lowest BCUT2D eigenvalue weighted by molar-refractivity contribution is -0.384. The van der Waals surface area contributed by atoms with Crippen LogP contribution in [0.15, 0.2) is 61.2 Å². The van der Waals surface area contributed by atoms with Gasteiger partial charge in [0.15, 0.2) is 0 Å². The largest absolute Gasteiger partial charge is 0.416 e. The molecule has 1 amide bonds. The molecule has 0 aliphatic carbocycles. The van der Waals surface area contributed by atoms with E-state index in [1.165, 1.54) is 41.6 Å². The van der Waals surface area contributed by atoms with E-state index in [1.54, 1.807) is 6.07 Å². The van der Waals surface area contributed by atoms with Crippen LogP contribution in [-0.4, -0.2) is 25.6 Å². The summed E-state index contributed by atoms with van der Waals surface area (Å²) in [6.45, 7) is 0.